The van der Waals surface area contributed by atoms with Crippen LogP contribution >= 0.6 is 23.2 Å². The monoisotopic (exact) mass is 411 g/mol. The Labute approximate surface area is 169 Å². The molecule has 0 aliphatic carbocycles. The molecule has 0 bridgehead atoms. The number of rotatable bonds is 4. The highest BCUT2D eigenvalue weighted by atomic mass is 35.5. The van der Waals surface area contributed by atoms with Gasteiger partial charge in [-0.25, -0.2) is 14.8 Å². The van der Waals surface area contributed by atoms with Crippen molar-refractivity contribution in [1.82, 2.24) is 14.4 Å². The van der Waals surface area contributed by atoms with Gasteiger partial charge in [0, 0.05) is 18.0 Å². The fourth-order valence-electron chi connectivity index (χ4n) is 2.88. The molecule has 4 aromatic rings. The standard InChI is InChI=1S/C20H11Cl2N3O3/c21-13-3-1-4-14(22)15(13)17(26)19-24-16(18-23-9-2-10-25(18)19)11-5-7-12(8-6-11)20(27)28/h1-10H,(H,27,28). The van der Waals surface area contributed by atoms with Gasteiger partial charge in [-0.3, -0.25) is 9.20 Å². The van der Waals surface area contributed by atoms with Crippen molar-refractivity contribution in [3.63, 3.8) is 0 Å². The highest BCUT2D eigenvalue weighted by Gasteiger charge is 2.24. The normalized spacial score (nSPS) is 10.9. The summed E-state index contributed by atoms with van der Waals surface area (Å²) in [6, 6.07) is 12.7. The smallest absolute Gasteiger partial charge is 0.335 e. The van der Waals surface area contributed by atoms with Gasteiger partial charge in [-0.05, 0) is 30.3 Å². The number of carbonyl (C=O) groups excluding carboxylic acids is 1. The Morgan fingerprint density at radius 1 is 0.964 bits per heavy atom. The summed E-state index contributed by atoms with van der Waals surface area (Å²) in [6.45, 7) is 0. The summed E-state index contributed by atoms with van der Waals surface area (Å²) in [4.78, 5) is 33.0. The van der Waals surface area contributed by atoms with E-state index in [4.69, 9.17) is 28.3 Å². The quantitative estimate of drug-likeness (QED) is 0.494. The van der Waals surface area contributed by atoms with Crippen LogP contribution in [-0.2, 0) is 0 Å². The molecule has 4 rings (SSSR count). The van der Waals surface area contributed by atoms with E-state index in [1.807, 2.05) is 0 Å². The number of halogens is 2. The molecule has 0 aliphatic rings. The predicted molar refractivity (Wildman–Crippen MR) is 105 cm³/mol. The van der Waals surface area contributed by atoms with Crippen LogP contribution in [0.3, 0.4) is 0 Å². The number of carboxylic acid groups (broad SMARTS) is 1. The molecule has 1 N–H and O–H groups in total. The zero-order valence-corrected chi connectivity index (χ0v) is 15.6. The minimum absolute atomic E-state index is 0.107. The Hall–Kier alpha value is -3.22. The maximum Gasteiger partial charge on any atom is 0.335 e. The maximum atomic E-state index is 13.1. The SMILES string of the molecule is O=C(O)c1ccc(-c2nc(C(=O)c3c(Cl)cccc3Cl)n3cccnc23)cc1. The Morgan fingerprint density at radius 3 is 2.29 bits per heavy atom. The number of carboxylic acids is 1. The molecule has 0 aliphatic heterocycles. The van der Waals surface area contributed by atoms with Crippen molar-refractivity contribution in [3.8, 4) is 11.3 Å². The lowest BCUT2D eigenvalue weighted by Crippen LogP contribution is -2.08. The third-order valence-corrected chi connectivity index (χ3v) is 4.83. The molecule has 2 aromatic carbocycles. The van der Waals surface area contributed by atoms with E-state index in [0.717, 1.165) is 0 Å². The van der Waals surface area contributed by atoms with Gasteiger partial charge in [-0.15, -0.1) is 0 Å². The molecule has 0 saturated heterocycles. The molecule has 0 atom stereocenters. The molecule has 0 unspecified atom stereocenters. The van der Waals surface area contributed by atoms with Crippen LogP contribution in [0.25, 0.3) is 16.9 Å². The van der Waals surface area contributed by atoms with E-state index < -0.39 is 11.8 Å². The van der Waals surface area contributed by atoms with Crippen molar-refractivity contribution in [1.29, 1.82) is 0 Å². The van der Waals surface area contributed by atoms with Crippen molar-refractivity contribution >= 4 is 40.6 Å². The van der Waals surface area contributed by atoms with Crippen molar-refractivity contribution in [2.75, 3.05) is 0 Å². The summed E-state index contributed by atoms with van der Waals surface area (Å²) >= 11 is 12.4. The van der Waals surface area contributed by atoms with Gasteiger partial charge in [-0.2, -0.15) is 0 Å². The highest BCUT2D eigenvalue weighted by Crippen LogP contribution is 2.29. The molecule has 28 heavy (non-hydrogen) atoms. The van der Waals surface area contributed by atoms with E-state index in [-0.39, 0.29) is 27.0 Å². The molecular weight excluding hydrogens is 401 g/mol. The van der Waals surface area contributed by atoms with Crippen molar-refractivity contribution in [2.45, 2.75) is 0 Å². The van der Waals surface area contributed by atoms with Gasteiger partial charge in [0.15, 0.2) is 11.5 Å². The van der Waals surface area contributed by atoms with E-state index >= 15 is 0 Å². The van der Waals surface area contributed by atoms with E-state index in [1.165, 1.54) is 12.1 Å². The molecule has 138 valence electrons. The molecule has 8 heteroatoms. The first kappa shape index (κ1) is 18.2. The predicted octanol–water partition coefficient (Wildman–Crippen LogP) is 4.63. The molecule has 0 fully saturated rings. The summed E-state index contributed by atoms with van der Waals surface area (Å²) in [6.07, 6.45) is 3.26. The minimum atomic E-state index is -1.02. The number of hydrogen-bond acceptors (Lipinski definition) is 4. The van der Waals surface area contributed by atoms with Gasteiger partial charge in [0.2, 0.25) is 5.78 Å². The van der Waals surface area contributed by atoms with Gasteiger partial charge in [0.05, 0.1) is 21.2 Å². The lowest BCUT2D eigenvalue weighted by atomic mass is 10.1. The maximum absolute atomic E-state index is 13.1. The van der Waals surface area contributed by atoms with E-state index in [2.05, 4.69) is 9.97 Å². The van der Waals surface area contributed by atoms with Crippen LogP contribution in [0, 0.1) is 0 Å². The van der Waals surface area contributed by atoms with Crippen LogP contribution in [0.15, 0.2) is 60.9 Å². The van der Waals surface area contributed by atoms with Crippen LogP contribution in [0.1, 0.15) is 26.5 Å². The van der Waals surface area contributed by atoms with E-state index in [1.54, 1.807) is 53.2 Å². The lowest BCUT2D eigenvalue weighted by molar-refractivity contribution is 0.0696. The number of carbonyl (C=O) groups is 2. The second-order valence-electron chi connectivity index (χ2n) is 5.91. The largest absolute Gasteiger partial charge is 0.478 e. The fraction of sp³-hybridized carbons (Fsp3) is 0. The average molecular weight is 412 g/mol. The third-order valence-electron chi connectivity index (χ3n) is 4.20. The number of aromatic nitrogens is 3. The van der Waals surface area contributed by atoms with Crippen LogP contribution in [0.4, 0.5) is 0 Å². The van der Waals surface area contributed by atoms with E-state index in [9.17, 15) is 9.59 Å². The first-order valence-corrected chi connectivity index (χ1v) is 8.88. The number of imidazole rings is 1. The molecule has 2 heterocycles. The summed E-state index contributed by atoms with van der Waals surface area (Å²) in [5.41, 5.74) is 1.85. The van der Waals surface area contributed by atoms with Gasteiger partial charge in [0.1, 0.15) is 5.69 Å². The topological polar surface area (TPSA) is 84.6 Å². The number of fused-ring (bicyclic) bond motifs is 1. The Bertz CT molecular complexity index is 1210. The fourth-order valence-corrected chi connectivity index (χ4v) is 3.45. The Balaban J connectivity index is 1.90. The number of aromatic carboxylic acids is 1. The Morgan fingerprint density at radius 2 is 1.64 bits per heavy atom. The van der Waals surface area contributed by atoms with Crippen LogP contribution < -0.4 is 0 Å². The average Bonchev–Trinajstić information content (AvgIpc) is 3.07. The molecule has 6 nitrogen and oxygen atoms in total. The zero-order valence-electron chi connectivity index (χ0n) is 14.1. The van der Waals surface area contributed by atoms with Crippen molar-refractivity contribution in [3.05, 3.63) is 87.9 Å². The minimum Gasteiger partial charge on any atom is -0.478 e. The third kappa shape index (κ3) is 3.02. The Kier molecular flexibility index (Phi) is 4.58. The van der Waals surface area contributed by atoms with Crippen LogP contribution in [-0.4, -0.2) is 31.2 Å². The first-order valence-electron chi connectivity index (χ1n) is 8.13. The summed E-state index contributed by atoms with van der Waals surface area (Å²) < 4.78 is 1.56. The second kappa shape index (κ2) is 7.07. The lowest BCUT2D eigenvalue weighted by Gasteiger charge is -2.04. The number of ketones is 1. The van der Waals surface area contributed by atoms with Gasteiger partial charge in [-0.1, -0.05) is 41.4 Å². The zero-order chi connectivity index (χ0) is 19.8. The van der Waals surface area contributed by atoms with E-state index in [0.29, 0.717) is 16.9 Å². The number of hydrogen-bond donors (Lipinski definition) is 1. The van der Waals surface area contributed by atoms with Gasteiger partial charge < -0.3 is 5.11 Å². The van der Waals surface area contributed by atoms with Crippen molar-refractivity contribution in [2.24, 2.45) is 0 Å². The number of nitrogens with zero attached hydrogens (tertiary/aromatic N) is 3. The molecule has 0 amide bonds. The highest BCUT2D eigenvalue weighted by molar-refractivity contribution is 6.40. The number of benzene rings is 2. The molecule has 2 aromatic heterocycles. The molecule has 0 spiro atoms. The summed E-state index contributed by atoms with van der Waals surface area (Å²) in [7, 11) is 0. The second-order valence-corrected chi connectivity index (χ2v) is 6.72. The molecular formula is C20H11Cl2N3O3. The summed E-state index contributed by atoms with van der Waals surface area (Å²) in [5.74, 6) is -1.36. The van der Waals surface area contributed by atoms with Gasteiger partial charge in [0.25, 0.3) is 0 Å². The van der Waals surface area contributed by atoms with Crippen LogP contribution in [0.5, 0.6) is 0 Å². The van der Waals surface area contributed by atoms with Gasteiger partial charge >= 0.3 is 5.97 Å². The first-order chi connectivity index (χ1) is 13.5. The summed E-state index contributed by atoms with van der Waals surface area (Å²) in [5, 5.41) is 9.53. The molecule has 0 radical (unpaired) electrons. The van der Waals surface area contributed by atoms with Crippen LogP contribution in [0.2, 0.25) is 10.0 Å². The molecule has 0 saturated carbocycles. The van der Waals surface area contributed by atoms with Crippen molar-refractivity contribution < 1.29 is 14.7 Å².